The minimum atomic E-state index is -0.963. The van der Waals surface area contributed by atoms with Gasteiger partial charge in [0.25, 0.3) is 0 Å². The van der Waals surface area contributed by atoms with Gasteiger partial charge in [-0.1, -0.05) is 0 Å². The molecule has 0 aliphatic carbocycles. The molecular formula is C15H23N3O4. The Hall–Kier alpha value is -2.05. The van der Waals surface area contributed by atoms with Crippen molar-refractivity contribution in [3.05, 3.63) is 17.5 Å². The molecule has 122 valence electrons. The van der Waals surface area contributed by atoms with Gasteiger partial charge in [-0.3, -0.25) is 4.68 Å². The second-order valence-electron chi connectivity index (χ2n) is 6.61. The second kappa shape index (κ2) is 5.98. The number of aromatic carboxylic acids is 1. The topological polar surface area (TPSA) is 84.7 Å². The molecule has 0 bridgehead atoms. The zero-order valence-electron chi connectivity index (χ0n) is 13.5. The van der Waals surface area contributed by atoms with Gasteiger partial charge in [0.1, 0.15) is 11.2 Å². The van der Waals surface area contributed by atoms with Crippen molar-refractivity contribution < 1.29 is 19.4 Å². The SMILES string of the molecule is Cc1nn(C2CCN(C(=O)OC(C)(C)C)CC2)cc1C(=O)O. The Morgan fingerprint density at radius 3 is 2.36 bits per heavy atom. The first-order valence-corrected chi connectivity index (χ1v) is 7.44. The van der Waals surface area contributed by atoms with Gasteiger partial charge < -0.3 is 14.7 Å². The van der Waals surface area contributed by atoms with Gasteiger partial charge in [0.15, 0.2) is 0 Å². The lowest BCUT2D eigenvalue weighted by molar-refractivity contribution is 0.0184. The number of carbonyl (C=O) groups is 2. The largest absolute Gasteiger partial charge is 0.478 e. The van der Waals surface area contributed by atoms with Crippen molar-refractivity contribution in [2.75, 3.05) is 13.1 Å². The molecule has 0 saturated carbocycles. The summed E-state index contributed by atoms with van der Waals surface area (Å²) >= 11 is 0. The zero-order chi connectivity index (χ0) is 16.5. The Morgan fingerprint density at radius 1 is 1.32 bits per heavy atom. The third kappa shape index (κ3) is 3.78. The number of carbonyl (C=O) groups excluding carboxylic acids is 1. The van der Waals surface area contributed by atoms with E-state index in [-0.39, 0.29) is 17.7 Å². The van der Waals surface area contributed by atoms with Crippen LogP contribution in [0.15, 0.2) is 6.20 Å². The van der Waals surface area contributed by atoms with Crippen LogP contribution < -0.4 is 0 Å². The molecule has 0 radical (unpaired) electrons. The number of hydrogen-bond donors (Lipinski definition) is 1. The molecular weight excluding hydrogens is 286 g/mol. The molecule has 0 unspecified atom stereocenters. The maximum absolute atomic E-state index is 12.0. The van der Waals surface area contributed by atoms with E-state index in [1.54, 1.807) is 22.7 Å². The molecule has 1 aliphatic heterocycles. The van der Waals surface area contributed by atoms with E-state index in [1.807, 2.05) is 20.8 Å². The number of carboxylic acids is 1. The summed E-state index contributed by atoms with van der Waals surface area (Å²) in [7, 11) is 0. The Morgan fingerprint density at radius 2 is 1.91 bits per heavy atom. The highest BCUT2D eigenvalue weighted by Gasteiger charge is 2.28. The smallest absolute Gasteiger partial charge is 0.410 e. The van der Waals surface area contributed by atoms with Crippen LogP contribution in [-0.2, 0) is 4.74 Å². The summed E-state index contributed by atoms with van der Waals surface area (Å²) in [6.45, 7) is 8.39. The molecule has 1 aromatic heterocycles. The number of amides is 1. The third-order valence-electron chi connectivity index (χ3n) is 3.64. The summed E-state index contributed by atoms with van der Waals surface area (Å²) < 4.78 is 7.07. The number of piperidine rings is 1. The molecule has 1 N–H and O–H groups in total. The number of aryl methyl sites for hydroxylation is 1. The summed E-state index contributed by atoms with van der Waals surface area (Å²) in [6, 6.07) is 0.116. The molecule has 1 fully saturated rings. The Kier molecular flexibility index (Phi) is 4.44. The van der Waals surface area contributed by atoms with Crippen LogP contribution in [0.5, 0.6) is 0 Å². The number of hydrogen-bond acceptors (Lipinski definition) is 4. The van der Waals surface area contributed by atoms with E-state index in [1.165, 1.54) is 0 Å². The van der Waals surface area contributed by atoms with Crippen LogP contribution in [0.25, 0.3) is 0 Å². The second-order valence-corrected chi connectivity index (χ2v) is 6.61. The van der Waals surface area contributed by atoms with Gasteiger partial charge in [0.2, 0.25) is 0 Å². The first-order chi connectivity index (χ1) is 10.2. The van der Waals surface area contributed by atoms with Crippen molar-refractivity contribution in [3.8, 4) is 0 Å². The number of likely N-dealkylation sites (tertiary alicyclic amines) is 1. The van der Waals surface area contributed by atoms with Crippen molar-refractivity contribution in [1.29, 1.82) is 0 Å². The molecule has 1 aliphatic rings. The van der Waals surface area contributed by atoms with Gasteiger partial charge in [-0.2, -0.15) is 5.10 Å². The fraction of sp³-hybridized carbons (Fsp3) is 0.667. The minimum Gasteiger partial charge on any atom is -0.478 e. The molecule has 1 aromatic rings. The molecule has 7 nitrogen and oxygen atoms in total. The van der Waals surface area contributed by atoms with Crippen LogP contribution in [0.1, 0.15) is 55.7 Å². The molecule has 22 heavy (non-hydrogen) atoms. The summed E-state index contributed by atoms with van der Waals surface area (Å²) in [5.41, 5.74) is 0.250. The van der Waals surface area contributed by atoms with Crippen molar-refractivity contribution in [3.63, 3.8) is 0 Å². The van der Waals surface area contributed by atoms with Crippen LogP contribution in [-0.4, -0.2) is 50.5 Å². The predicted molar refractivity (Wildman–Crippen MR) is 80.0 cm³/mol. The monoisotopic (exact) mass is 309 g/mol. The summed E-state index contributed by atoms with van der Waals surface area (Å²) in [5.74, 6) is -0.963. The lowest BCUT2D eigenvalue weighted by atomic mass is 10.1. The lowest BCUT2D eigenvalue weighted by Gasteiger charge is -2.33. The van der Waals surface area contributed by atoms with E-state index in [4.69, 9.17) is 9.84 Å². The minimum absolute atomic E-state index is 0.116. The number of nitrogens with zero attached hydrogens (tertiary/aromatic N) is 3. The van der Waals surface area contributed by atoms with Crippen LogP contribution >= 0.6 is 0 Å². The molecule has 2 rings (SSSR count). The van der Waals surface area contributed by atoms with E-state index >= 15 is 0 Å². The fourth-order valence-electron chi connectivity index (χ4n) is 2.52. The Labute approximate surface area is 129 Å². The van der Waals surface area contributed by atoms with Gasteiger partial charge in [0, 0.05) is 19.3 Å². The van der Waals surface area contributed by atoms with Gasteiger partial charge in [0.05, 0.1) is 11.7 Å². The van der Waals surface area contributed by atoms with Crippen molar-refractivity contribution in [1.82, 2.24) is 14.7 Å². The first-order valence-electron chi connectivity index (χ1n) is 7.44. The average Bonchev–Trinajstić information content (AvgIpc) is 2.79. The lowest BCUT2D eigenvalue weighted by Crippen LogP contribution is -2.42. The molecule has 0 spiro atoms. The summed E-state index contributed by atoms with van der Waals surface area (Å²) in [6.07, 6.45) is 2.75. The van der Waals surface area contributed by atoms with Crippen molar-refractivity contribution >= 4 is 12.1 Å². The van der Waals surface area contributed by atoms with E-state index in [9.17, 15) is 9.59 Å². The van der Waals surface area contributed by atoms with Gasteiger partial charge in [-0.05, 0) is 40.5 Å². The molecule has 1 amide bonds. The molecule has 7 heteroatoms. The summed E-state index contributed by atoms with van der Waals surface area (Å²) in [4.78, 5) is 24.8. The maximum Gasteiger partial charge on any atom is 0.410 e. The van der Waals surface area contributed by atoms with E-state index in [0.717, 1.165) is 12.8 Å². The van der Waals surface area contributed by atoms with Crippen molar-refractivity contribution in [2.24, 2.45) is 0 Å². The number of carboxylic acid groups (broad SMARTS) is 1. The highest BCUT2D eigenvalue weighted by atomic mass is 16.6. The van der Waals surface area contributed by atoms with Crippen LogP contribution in [0.4, 0.5) is 4.79 Å². The zero-order valence-corrected chi connectivity index (χ0v) is 13.5. The van der Waals surface area contributed by atoms with Gasteiger partial charge in [-0.25, -0.2) is 9.59 Å². The third-order valence-corrected chi connectivity index (χ3v) is 3.64. The maximum atomic E-state index is 12.0. The predicted octanol–water partition coefficient (Wildman–Crippen LogP) is 2.46. The van der Waals surface area contributed by atoms with Crippen LogP contribution in [0.2, 0.25) is 0 Å². The van der Waals surface area contributed by atoms with E-state index < -0.39 is 11.6 Å². The molecule has 2 heterocycles. The van der Waals surface area contributed by atoms with Crippen LogP contribution in [0.3, 0.4) is 0 Å². The molecule has 0 aromatic carbocycles. The Bertz CT molecular complexity index is 566. The highest BCUT2D eigenvalue weighted by Crippen LogP contribution is 2.24. The van der Waals surface area contributed by atoms with Gasteiger partial charge in [-0.15, -0.1) is 0 Å². The number of rotatable bonds is 2. The Balaban J connectivity index is 1.96. The first kappa shape index (κ1) is 16.3. The molecule has 1 saturated heterocycles. The highest BCUT2D eigenvalue weighted by molar-refractivity contribution is 5.88. The average molecular weight is 309 g/mol. The van der Waals surface area contributed by atoms with Crippen molar-refractivity contribution in [2.45, 2.75) is 52.2 Å². The van der Waals surface area contributed by atoms with Gasteiger partial charge >= 0.3 is 12.1 Å². The number of ether oxygens (including phenoxy) is 1. The standard InChI is InChI=1S/C15H23N3O4/c1-10-12(13(19)20)9-18(16-10)11-5-7-17(8-6-11)14(21)22-15(2,3)4/h9,11H,5-8H2,1-4H3,(H,19,20). The van der Waals surface area contributed by atoms with E-state index in [2.05, 4.69) is 5.10 Å². The quantitative estimate of drug-likeness (QED) is 0.907. The summed E-state index contributed by atoms with van der Waals surface area (Å²) in [5, 5.41) is 13.4. The fourth-order valence-corrected chi connectivity index (χ4v) is 2.52. The van der Waals surface area contributed by atoms with Crippen LogP contribution in [0, 0.1) is 6.92 Å². The molecule has 0 atom stereocenters. The van der Waals surface area contributed by atoms with E-state index in [0.29, 0.717) is 18.8 Å². The number of aromatic nitrogens is 2. The normalized spacial score (nSPS) is 16.6.